The minimum atomic E-state index is -1.90. The number of hydrogen-bond acceptors (Lipinski definition) is 3. The summed E-state index contributed by atoms with van der Waals surface area (Å²) in [4.78, 5) is 30.8. The molecule has 0 spiro atoms. The highest BCUT2D eigenvalue weighted by Gasteiger charge is 2.40. The van der Waals surface area contributed by atoms with Crippen molar-refractivity contribution in [2.45, 2.75) is 13.1 Å². The molecule has 0 N–H and O–H groups in total. The van der Waals surface area contributed by atoms with Crippen LogP contribution in [0.3, 0.4) is 0 Å². The molecule has 0 unspecified atom stereocenters. The van der Waals surface area contributed by atoms with Crippen LogP contribution >= 0.6 is 0 Å². The van der Waals surface area contributed by atoms with E-state index in [-0.39, 0.29) is 11.8 Å². The standard InChI is InChI=1S/C34H26N2O2Si/c1-39(2)31-17-8-6-15-29(31)35(30-16-7-9-18-32(30)39)25-13-10-14-26(22-25)36-33(37)27-20-19-24(21-28(27)34(36)38)23-11-4-3-5-12-23/h3-22H,1-2H3. The van der Waals surface area contributed by atoms with Crippen LogP contribution in [-0.2, 0) is 0 Å². The van der Waals surface area contributed by atoms with Gasteiger partial charge in [0.05, 0.1) is 16.8 Å². The highest BCUT2D eigenvalue weighted by molar-refractivity contribution is 7.02. The Morgan fingerprint density at radius 2 is 1.05 bits per heavy atom. The molecule has 0 saturated heterocycles. The average Bonchev–Trinajstić information content (AvgIpc) is 3.23. The van der Waals surface area contributed by atoms with E-state index in [1.807, 2.05) is 66.7 Å². The van der Waals surface area contributed by atoms with Gasteiger partial charge in [0.15, 0.2) is 0 Å². The lowest BCUT2D eigenvalue weighted by atomic mass is 10.0. The van der Waals surface area contributed by atoms with E-state index in [0.717, 1.165) is 28.2 Å². The monoisotopic (exact) mass is 522 g/mol. The summed E-state index contributed by atoms with van der Waals surface area (Å²) < 4.78 is 0. The van der Waals surface area contributed by atoms with Gasteiger partial charge in [-0.25, -0.2) is 4.90 Å². The van der Waals surface area contributed by atoms with E-state index in [4.69, 9.17) is 0 Å². The smallest absolute Gasteiger partial charge is 0.266 e. The first-order valence-corrected chi connectivity index (χ1v) is 16.1. The van der Waals surface area contributed by atoms with Crippen molar-refractivity contribution in [3.8, 4) is 11.1 Å². The predicted octanol–water partition coefficient (Wildman–Crippen LogP) is 6.76. The topological polar surface area (TPSA) is 40.6 Å². The summed E-state index contributed by atoms with van der Waals surface area (Å²) in [6.07, 6.45) is 0. The number of benzene rings is 5. The van der Waals surface area contributed by atoms with Crippen LogP contribution in [0.4, 0.5) is 22.7 Å². The van der Waals surface area contributed by atoms with Crippen molar-refractivity contribution in [2.24, 2.45) is 0 Å². The second kappa shape index (κ2) is 8.65. The number of carbonyl (C=O) groups is 2. The Labute approximate surface area is 228 Å². The van der Waals surface area contributed by atoms with Gasteiger partial charge in [0.25, 0.3) is 11.8 Å². The Bertz CT molecular complexity index is 1750. The summed E-state index contributed by atoms with van der Waals surface area (Å²) in [6, 6.07) is 40.3. The number of para-hydroxylation sites is 2. The number of carbonyl (C=O) groups excluding carboxylic acids is 2. The fraction of sp³-hybridized carbons (Fsp3) is 0.0588. The van der Waals surface area contributed by atoms with Crippen LogP contribution in [0.25, 0.3) is 11.1 Å². The fourth-order valence-corrected chi connectivity index (χ4v) is 8.99. The van der Waals surface area contributed by atoms with Crippen LogP contribution in [0.1, 0.15) is 20.7 Å². The summed E-state index contributed by atoms with van der Waals surface area (Å²) in [5, 5.41) is 2.73. The third-order valence-electron chi connectivity index (χ3n) is 7.98. The molecule has 5 aromatic rings. The Hall–Kier alpha value is -4.74. The van der Waals surface area contributed by atoms with Crippen LogP contribution in [0.5, 0.6) is 0 Å². The molecule has 0 radical (unpaired) electrons. The molecule has 5 heteroatoms. The molecule has 39 heavy (non-hydrogen) atoms. The third-order valence-corrected chi connectivity index (χ3v) is 11.5. The molecule has 2 aliphatic heterocycles. The number of rotatable bonds is 3. The molecule has 0 fully saturated rings. The minimum absolute atomic E-state index is 0.292. The van der Waals surface area contributed by atoms with E-state index in [1.165, 1.54) is 15.3 Å². The quantitative estimate of drug-likeness (QED) is 0.194. The van der Waals surface area contributed by atoms with Gasteiger partial charge in [-0.1, -0.05) is 92.0 Å². The van der Waals surface area contributed by atoms with Crippen molar-refractivity contribution >= 4 is 53.0 Å². The van der Waals surface area contributed by atoms with Gasteiger partial charge in [-0.15, -0.1) is 0 Å². The van der Waals surface area contributed by atoms with Gasteiger partial charge < -0.3 is 4.90 Å². The first-order chi connectivity index (χ1) is 18.9. The Morgan fingerprint density at radius 1 is 0.487 bits per heavy atom. The Balaban J connectivity index is 1.32. The van der Waals surface area contributed by atoms with Crippen LogP contribution in [0.15, 0.2) is 121 Å². The van der Waals surface area contributed by atoms with E-state index in [9.17, 15) is 9.59 Å². The van der Waals surface area contributed by atoms with Gasteiger partial charge in [-0.2, -0.15) is 0 Å². The highest BCUT2D eigenvalue weighted by atomic mass is 28.3. The van der Waals surface area contributed by atoms with Gasteiger partial charge in [-0.05, 0) is 64.0 Å². The Kier molecular flexibility index (Phi) is 5.18. The normalized spacial score (nSPS) is 15.1. The van der Waals surface area contributed by atoms with Gasteiger partial charge in [-0.3, -0.25) is 9.59 Å². The number of nitrogens with zero attached hydrogens (tertiary/aromatic N) is 2. The van der Waals surface area contributed by atoms with Gasteiger partial charge >= 0.3 is 0 Å². The largest absolute Gasteiger partial charge is 0.311 e. The SMILES string of the molecule is C[Si]1(C)c2ccccc2N(c2cccc(N3C(=O)c4ccc(-c5ccccc5)cc4C3=O)c2)c2ccccc21. The number of anilines is 4. The summed E-state index contributed by atoms with van der Waals surface area (Å²) in [5.74, 6) is -0.585. The molecule has 0 aromatic heterocycles. The lowest BCUT2D eigenvalue weighted by Crippen LogP contribution is -2.58. The molecule has 2 amide bonds. The predicted molar refractivity (Wildman–Crippen MR) is 161 cm³/mol. The van der Waals surface area contributed by atoms with Crippen LogP contribution in [-0.4, -0.2) is 19.9 Å². The number of amides is 2. The van der Waals surface area contributed by atoms with Gasteiger partial charge in [0, 0.05) is 17.1 Å². The zero-order valence-electron chi connectivity index (χ0n) is 21.8. The summed E-state index contributed by atoms with van der Waals surface area (Å²) >= 11 is 0. The molecule has 188 valence electrons. The first kappa shape index (κ1) is 23.4. The van der Waals surface area contributed by atoms with E-state index < -0.39 is 8.07 Å². The zero-order valence-corrected chi connectivity index (χ0v) is 22.8. The number of hydrogen-bond donors (Lipinski definition) is 0. The lowest BCUT2D eigenvalue weighted by molar-refractivity contribution is 0.0926. The van der Waals surface area contributed by atoms with Gasteiger partial charge in [0.1, 0.15) is 8.07 Å². The van der Waals surface area contributed by atoms with E-state index >= 15 is 0 Å². The molecule has 0 atom stereocenters. The van der Waals surface area contributed by atoms with Gasteiger partial charge in [0.2, 0.25) is 0 Å². The Morgan fingerprint density at radius 3 is 1.72 bits per heavy atom. The van der Waals surface area contributed by atoms with Crippen molar-refractivity contribution in [2.75, 3.05) is 9.80 Å². The molecular formula is C34H26N2O2Si. The van der Waals surface area contributed by atoms with E-state index in [2.05, 4.69) is 66.5 Å². The number of imide groups is 1. The first-order valence-electron chi connectivity index (χ1n) is 13.1. The summed E-state index contributed by atoms with van der Waals surface area (Å²) in [6.45, 7) is 4.78. The fourth-order valence-electron chi connectivity index (χ4n) is 6.00. The molecule has 0 aliphatic carbocycles. The molecule has 0 saturated carbocycles. The van der Waals surface area contributed by atoms with Crippen molar-refractivity contribution in [3.05, 3.63) is 132 Å². The van der Waals surface area contributed by atoms with Crippen molar-refractivity contribution < 1.29 is 9.59 Å². The second-order valence-corrected chi connectivity index (χ2v) is 14.9. The van der Waals surface area contributed by atoms with Crippen LogP contribution < -0.4 is 20.2 Å². The van der Waals surface area contributed by atoms with Crippen LogP contribution in [0.2, 0.25) is 13.1 Å². The molecule has 5 aromatic carbocycles. The highest BCUT2D eigenvalue weighted by Crippen LogP contribution is 2.40. The maximum atomic E-state index is 13.7. The molecule has 4 nitrogen and oxygen atoms in total. The summed E-state index contributed by atoms with van der Waals surface area (Å²) in [7, 11) is -1.90. The second-order valence-electron chi connectivity index (χ2n) is 10.6. The maximum absolute atomic E-state index is 13.7. The van der Waals surface area contributed by atoms with E-state index in [1.54, 1.807) is 6.07 Å². The maximum Gasteiger partial charge on any atom is 0.266 e. The molecule has 2 heterocycles. The van der Waals surface area contributed by atoms with E-state index in [0.29, 0.717) is 16.8 Å². The number of fused-ring (bicyclic) bond motifs is 3. The zero-order chi connectivity index (χ0) is 26.7. The average molecular weight is 523 g/mol. The van der Waals surface area contributed by atoms with Crippen molar-refractivity contribution in [1.29, 1.82) is 0 Å². The molecule has 2 aliphatic rings. The van der Waals surface area contributed by atoms with Crippen molar-refractivity contribution in [1.82, 2.24) is 0 Å². The lowest BCUT2D eigenvalue weighted by Gasteiger charge is -2.41. The molecule has 0 bridgehead atoms. The van der Waals surface area contributed by atoms with Crippen LogP contribution in [0, 0.1) is 0 Å². The summed E-state index contributed by atoms with van der Waals surface area (Å²) in [5.41, 5.74) is 6.59. The molecule has 7 rings (SSSR count). The molecular weight excluding hydrogens is 496 g/mol. The minimum Gasteiger partial charge on any atom is -0.311 e. The third kappa shape index (κ3) is 3.51. The van der Waals surface area contributed by atoms with Crippen molar-refractivity contribution in [3.63, 3.8) is 0 Å².